The quantitative estimate of drug-likeness (QED) is 0.722. The monoisotopic (exact) mass is 162 g/mol. The first kappa shape index (κ1) is 7.59. The molecule has 0 bridgehead atoms. The van der Waals surface area contributed by atoms with Crippen molar-refractivity contribution in [1.29, 1.82) is 0 Å². The van der Waals surface area contributed by atoms with Crippen molar-refractivity contribution in [2.24, 2.45) is 0 Å². The highest BCUT2D eigenvalue weighted by Crippen LogP contribution is 2.35. The number of hydrogen-bond donors (Lipinski definition) is 1. The molecule has 2 rings (SSSR count). The highest BCUT2D eigenvalue weighted by Gasteiger charge is 2.19. The number of rotatable bonds is 2. The molecule has 1 aliphatic rings. The zero-order valence-electron chi connectivity index (χ0n) is 7.38. The Labute approximate surface area is 73.0 Å². The number of nitrogens with one attached hydrogen (secondary N) is 1. The Morgan fingerprint density at radius 2 is 2.25 bits per heavy atom. The average Bonchev–Trinajstić information content (AvgIpc) is 2.03. The molecule has 2 nitrogen and oxygen atoms in total. The van der Waals surface area contributed by atoms with Crippen LogP contribution in [-0.2, 0) is 0 Å². The van der Waals surface area contributed by atoms with E-state index in [4.69, 9.17) is 0 Å². The maximum Gasteiger partial charge on any atom is 0.125 e. The molecule has 0 aromatic carbocycles. The van der Waals surface area contributed by atoms with Crippen molar-refractivity contribution >= 4 is 5.82 Å². The lowest BCUT2D eigenvalue weighted by atomic mass is 9.81. The van der Waals surface area contributed by atoms with Gasteiger partial charge in [-0.3, -0.25) is 0 Å². The highest BCUT2D eigenvalue weighted by molar-refractivity contribution is 5.35. The van der Waals surface area contributed by atoms with E-state index in [1.165, 1.54) is 24.8 Å². The maximum atomic E-state index is 4.29. The Bertz CT molecular complexity index is 249. The Hall–Kier alpha value is -1.05. The second kappa shape index (κ2) is 3.13. The summed E-state index contributed by atoms with van der Waals surface area (Å²) in [4.78, 5) is 4.29. The Kier molecular flexibility index (Phi) is 1.98. The van der Waals surface area contributed by atoms with Gasteiger partial charge in [0.05, 0.1) is 0 Å². The first-order valence-corrected chi connectivity index (χ1v) is 4.54. The molecule has 1 heterocycles. The molecule has 1 N–H and O–H groups in total. The first-order chi connectivity index (χ1) is 5.90. The predicted octanol–water partition coefficient (Wildman–Crippen LogP) is 2.39. The van der Waals surface area contributed by atoms with Gasteiger partial charge in [0.2, 0.25) is 0 Å². The number of anilines is 1. The van der Waals surface area contributed by atoms with Crippen LogP contribution in [0, 0.1) is 0 Å². The molecule has 64 valence electrons. The number of hydrogen-bond acceptors (Lipinski definition) is 2. The lowest BCUT2D eigenvalue weighted by molar-refractivity contribution is 0.419. The smallest absolute Gasteiger partial charge is 0.125 e. The summed E-state index contributed by atoms with van der Waals surface area (Å²) in [5.74, 6) is 1.75. The molecule has 0 radical (unpaired) electrons. The van der Waals surface area contributed by atoms with Gasteiger partial charge < -0.3 is 5.32 Å². The highest BCUT2D eigenvalue weighted by atomic mass is 14.9. The van der Waals surface area contributed by atoms with Crippen LogP contribution in [0.5, 0.6) is 0 Å². The molecule has 12 heavy (non-hydrogen) atoms. The third kappa shape index (κ3) is 1.29. The average molecular weight is 162 g/mol. The van der Waals surface area contributed by atoms with Gasteiger partial charge in [0.25, 0.3) is 0 Å². The summed E-state index contributed by atoms with van der Waals surface area (Å²) >= 11 is 0. The van der Waals surface area contributed by atoms with Gasteiger partial charge in [-0.15, -0.1) is 0 Å². The van der Waals surface area contributed by atoms with Crippen LogP contribution in [0.1, 0.15) is 30.7 Å². The van der Waals surface area contributed by atoms with Gasteiger partial charge in [-0.05, 0) is 30.4 Å². The molecule has 0 amide bonds. The van der Waals surface area contributed by atoms with Crippen LogP contribution in [0.3, 0.4) is 0 Å². The molecule has 0 spiro atoms. The van der Waals surface area contributed by atoms with Crippen LogP contribution in [0.4, 0.5) is 5.82 Å². The summed E-state index contributed by atoms with van der Waals surface area (Å²) in [7, 11) is 1.89. The summed E-state index contributed by atoms with van der Waals surface area (Å²) in [6.07, 6.45) is 6.08. The van der Waals surface area contributed by atoms with Crippen molar-refractivity contribution < 1.29 is 0 Å². The summed E-state index contributed by atoms with van der Waals surface area (Å²) in [6.45, 7) is 0. The van der Waals surface area contributed by atoms with Gasteiger partial charge in [-0.2, -0.15) is 0 Å². The second-order valence-corrected chi connectivity index (χ2v) is 3.35. The van der Waals surface area contributed by atoms with Crippen molar-refractivity contribution in [2.45, 2.75) is 25.2 Å². The Morgan fingerprint density at radius 1 is 1.42 bits per heavy atom. The van der Waals surface area contributed by atoms with Crippen LogP contribution in [-0.4, -0.2) is 12.0 Å². The molecule has 0 aliphatic heterocycles. The van der Waals surface area contributed by atoms with Crippen LogP contribution < -0.4 is 5.32 Å². The van der Waals surface area contributed by atoms with Gasteiger partial charge in [0, 0.05) is 13.2 Å². The summed E-state index contributed by atoms with van der Waals surface area (Å²) in [5, 5.41) is 3.02. The molecule has 2 heteroatoms. The van der Waals surface area contributed by atoms with Gasteiger partial charge in [0.1, 0.15) is 5.82 Å². The standard InChI is InChI=1S/C10H14N2/c1-11-10-6-5-9(7-12-10)8-3-2-4-8/h5-8H,2-4H2,1H3,(H,11,12). The van der Waals surface area contributed by atoms with Crippen LogP contribution in [0.15, 0.2) is 18.3 Å². The van der Waals surface area contributed by atoms with Crippen LogP contribution in [0.2, 0.25) is 0 Å². The summed E-state index contributed by atoms with van der Waals surface area (Å²) < 4.78 is 0. The summed E-state index contributed by atoms with van der Waals surface area (Å²) in [6, 6.07) is 4.23. The molecule has 1 aromatic rings. The molecule has 1 aromatic heterocycles. The van der Waals surface area contributed by atoms with Gasteiger partial charge in [-0.1, -0.05) is 12.5 Å². The summed E-state index contributed by atoms with van der Waals surface area (Å²) in [5.41, 5.74) is 1.40. The third-order valence-electron chi connectivity index (χ3n) is 2.62. The Balaban J connectivity index is 2.13. The van der Waals surface area contributed by atoms with E-state index in [1.54, 1.807) is 0 Å². The fraction of sp³-hybridized carbons (Fsp3) is 0.500. The fourth-order valence-electron chi connectivity index (χ4n) is 1.54. The minimum atomic E-state index is 0.795. The van der Waals surface area contributed by atoms with Crippen molar-refractivity contribution in [1.82, 2.24) is 4.98 Å². The first-order valence-electron chi connectivity index (χ1n) is 4.54. The minimum Gasteiger partial charge on any atom is -0.373 e. The van der Waals surface area contributed by atoms with E-state index >= 15 is 0 Å². The van der Waals surface area contributed by atoms with E-state index in [0.29, 0.717) is 0 Å². The molecule has 0 saturated heterocycles. The lowest BCUT2D eigenvalue weighted by Crippen LogP contribution is -2.09. The molecule has 0 atom stereocenters. The van der Waals surface area contributed by atoms with Gasteiger partial charge in [-0.25, -0.2) is 4.98 Å². The molecule has 0 unspecified atom stereocenters. The predicted molar refractivity (Wildman–Crippen MR) is 50.4 cm³/mol. The molecular formula is C10H14N2. The van der Waals surface area contributed by atoms with E-state index in [0.717, 1.165) is 11.7 Å². The van der Waals surface area contributed by atoms with E-state index in [9.17, 15) is 0 Å². The minimum absolute atomic E-state index is 0.795. The van der Waals surface area contributed by atoms with Crippen LogP contribution >= 0.6 is 0 Å². The van der Waals surface area contributed by atoms with Gasteiger partial charge >= 0.3 is 0 Å². The van der Waals surface area contributed by atoms with E-state index in [1.807, 2.05) is 19.3 Å². The van der Waals surface area contributed by atoms with E-state index in [2.05, 4.69) is 16.4 Å². The molecular weight excluding hydrogens is 148 g/mol. The lowest BCUT2D eigenvalue weighted by Gasteiger charge is -2.25. The van der Waals surface area contributed by atoms with Crippen molar-refractivity contribution in [3.05, 3.63) is 23.9 Å². The van der Waals surface area contributed by atoms with Gasteiger partial charge in [0.15, 0.2) is 0 Å². The SMILES string of the molecule is CNc1ccc(C2CCC2)cn1. The number of aromatic nitrogens is 1. The normalized spacial score (nSPS) is 17.1. The largest absolute Gasteiger partial charge is 0.373 e. The third-order valence-corrected chi connectivity index (χ3v) is 2.62. The van der Waals surface area contributed by atoms with Crippen LogP contribution in [0.25, 0.3) is 0 Å². The van der Waals surface area contributed by atoms with E-state index in [-0.39, 0.29) is 0 Å². The zero-order valence-corrected chi connectivity index (χ0v) is 7.38. The van der Waals surface area contributed by atoms with E-state index < -0.39 is 0 Å². The number of pyridine rings is 1. The van der Waals surface area contributed by atoms with Crippen molar-refractivity contribution in [3.8, 4) is 0 Å². The number of nitrogens with zero attached hydrogens (tertiary/aromatic N) is 1. The maximum absolute atomic E-state index is 4.29. The fourth-order valence-corrected chi connectivity index (χ4v) is 1.54. The van der Waals surface area contributed by atoms with Crippen molar-refractivity contribution in [2.75, 3.05) is 12.4 Å². The zero-order chi connectivity index (χ0) is 8.39. The molecule has 1 aliphatic carbocycles. The molecule has 1 saturated carbocycles. The Morgan fingerprint density at radius 3 is 2.67 bits per heavy atom. The van der Waals surface area contributed by atoms with Crippen molar-refractivity contribution in [3.63, 3.8) is 0 Å². The molecule has 1 fully saturated rings. The topological polar surface area (TPSA) is 24.9 Å². The second-order valence-electron chi connectivity index (χ2n) is 3.35.